The van der Waals surface area contributed by atoms with Crippen molar-refractivity contribution < 1.29 is 0 Å². The standard InChI is InChI=1S/C20H28N4S.HI/c1-4-21-19(22-12-18-24-17(13-25-18)15(2)3)23-14-20(10-11-20)16-8-6-5-7-9-16;/h5-9,13,15H,4,10-12,14H2,1-3H3,(H2,21,22,23);1H. The third-order valence-electron chi connectivity index (χ3n) is 4.71. The van der Waals surface area contributed by atoms with Crippen molar-refractivity contribution in [3.63, 3.8) is 0 Å². The predicted octanol–water partition coefficient (Wildman–Crippen LogP) is 4.67. The Kier molecular flexibility index (Phi) is 7.88. The third-order valence-corrected chi connectivity index (χ3v) is 5.56. The van der Waals surface area contributed by atoms with E-state index in [1.54, 1.807) is 11.3 Å². The molecule has 0 unspecified atom stereocenters. The van der Waals surface area contributed by atoms with Gasteiger partial charge in [0.25, 0.3) is 0 Å². The second kappa shape index (κ2) is 9.69. The molecule has 0 saturated heterocycles. The summed E-state index contributed by atoms with van der Waals surface area (Å²) in [6.45, 7) is 8.86. The molecule has 0 spiro atoms. The number of halogens is 1. The van der Waals surface area contributed by atoms with E-state index in [9.17, 15) is 0 Å². The summed E-state index contributed by atoms with van der Waals surface area (Å²) in [4.78, 5) is 9.39. The van der Waals surface area contributed by atoms with E-state index >= 15 is 0 Å². The Balaban J connectivity index is 0.00000243. The van der Waals surface area contributed by atoms with Gasteiger partial charge in [-0.05, 0) is 31.2 Å². The second-order valence-electron chi connectivity index (χ2n) is 7.02. The summed E-state index contributed by atoms with van der Waals surface area (Å²) in [6, 6.07) is 10.8. The quantitative estimate of drug-likeness (QED) is 0.341. The summed E-state index contributed by atoms with van der Waals surface area (Å²) in [7, 11) is 0. The van der Waals surface area contributed by atoms with Crippen LogP contribution in [0.15, 0.2) is 40.7 Å². The minimum atomic E-state index is 0. The van der Waals surface area contributed by atoms with Crippen molar-refractivity contribution in [1.29, 1.82) is 0 Å². The van der Waals surface area contributed by atoms with E-state index in [1.165, 1.54) is 18.4 Å². The van der Waals surface area contributed by atoms with Crippen LogP contribution in [0.4, 0.5) is 0 Å². The highest BCUT2D eigenvalue weighted by atomic mass is 127. The van der Waals surface area contributed by atoms with E-state index < -0.39 is 0 Å². The number of aromatic nitrogens is 1. The lowest BCUT2D eigenvalue weighted by Crippen LogP contribution is -2.41. The topological polar surface area (TPSA) is 49.3 Å². The molecule has 1 fully saturated rings. The van der Waals surface area contributed by atoms with Crippen LogP contribution >= 0.6 is 35.3 Å². The highest BCUT2D eigenvalue weighted by Gasteiger charge is 2.43. The van der Waals surface area contributed by atoms with Gasteiger partial charge in [-0.15, -0.1) is 35.3 Å². The summed E-state index contributed by atoms with van der Waals surface area (Å²) < 4.78 is 0. The largest absolute Gasteiger partial charge is 0.357 e. The molecular weight excluding hydrogens is 455 g/mol. The molecule has 1 heterocycles. The molecule has 6 heteroatoms. The molecule has 2 N–H and O–H groups in total. The van der Waals surface area contributed by atoms with E-state index in [4.69, 9.17) is 4.99 Å². The second-order valence-corrected chi connectivity index (χ2v) is 7.96. The van der Waals surface area contributed by atoms with Crippen molar-refractivity contribution in [2.24, 2.45) is 4.99 Å². The zero-order valence-corrected chi connectivity index (χ0v) is 18.9. The van der Waals surface area contributed by atoms with Crippen molar-refractivity contribution in [2.75, 3.05) is 13.1 Å². The Labute approximate surface area is 177 Å². The fourth-order valence-electron chi connectivity index (χ4n) is 2.91. The maximum atomic E-state index is 4.72. The Morgan fingerprint density at radius 1 is 1.23 bits per heavy atom. The van der Waals surface area contributed by atoms with Crippen LogP contribution in [0, 0.1) is 0 Å². The monoisotopic (exact) mass is 484 g/mol. The molecule has 0 amide bonds. The van der Waals surface area contributed by atoms with Crippen molar-refractivity contribution in [3.05, 3.63) is 52.0 Å². The van der Waals surface area contributed by atoms with Gasteiger partial charge in [-0.3, -0.25) is 0 Å². The number of nitrogens with zero attached hydrogens (tertiary/aromatic N) is 2. The predicted molar refractivity (Wildman–Crippen MR) is 122 cm³/mol. The average Bonchev–Trinajstić information content (AvgIpc) is 3.27. The molecule has 0 bridgehead atoms. The fourth-order valence-corrected chi connectivity index (χ4v) is 3.79. The highest BCUT2D eigenvalue weighted by molar-refractivity contribution is 14.0. The Hall–Kier alpha value is -1.15. The minimum absolute atomic E-state index is 0. The molecule has 1 aromatic carbocycles. The number of thiazole rings is 1. The van der Waals surface area contributed by atoms with Gasteiger partial charge in [0.15, 0.2) is 5.96 Å². The number of rotatable bonds is 7. The first-order valence-corrected chi connectivity index (χ1v) is 10.0. The normalized spacial score (nSPS) is 15.5. The van der Waals surface area contributed by atoms with Crippen LogP contribution in [0.3, 0.4) is 0 Å². The van der Waals surface area contributed by atoms with E-state index in [1.807, 2.05) is 0 Å². The van der Waals surface area contributed by atoms with Gasteiger partial charge < -0.3 is 10.6 Å². The van der Waals surface area contributed by atoms with Gasteiger partial charge in [0.2, 0.25) is 0 Å². The molecule has 1 aliphatic rings. The van der Waals surface area contributed by atoms with E-state index in [-0.39, 0.29) is 29.4 Å². The molecule has 4 nitrogen and oxygen atoms in total. The minimum Gasteiger partial charge on any atom is -0.357 e. The molecule has 26 heavy (non-hydrogen) atoms. The molecule has 0 atom stereocenters. The van der Waals surface area contributed by atoms with Crippen LogP contribution in [0.2, 0.25) is 0 Å². The summed E-state index contributed by atoms with van der Waals surface area (Å²) in [6.07, 6.45) is 2.49. The van der Waals surface area contributed by atoms with Gasteiger partial charge in [-0.25, -0.2) is 9.98 Å². The van der Waals surface area contributed by atoms with Gasteiger partial charge in [0, 0.05) is 23.9 Å². The van der Waals surface area contributed by atoms with Crippen molar-refractivity contribution >= 4 is 41.3 Å². The summed E-state index contributed by atoms with van der Waals surface area (Å²) >= 11 is 1.70. The van der Waals surface area contributed by atoms with Gasteiger partial charge in [-0.1, -0.05) is 44.2 Å². The van der Waals surface area contributed by atoms with Gasteiger partial charge in [0.05, 0.1) is 12.2 Å². The summed E-state index contributed by atoms with van der Waals surface area (Å²) in [5, 5.41) is 10.1. The van der Waals surface area contributed by atoms with Gasteiger partial charge in [0.1, 0.15) is 5.01 Å². The fraction of sp³-hybridized carbons (Fsp3) is 0.500. The van der Waals surface area contributed by atoms with Crippen LogP contribution in [0.1, 0.15) is 55.8 Å². The first kappa shape index (κ1) is 21.2. The number of hydrogen-bond donors (Lipinski definition) is 2. The zero-order chi connectivity index (χ0) is 17.7. The molecule has 2 aromatic rings. The van der Waals surface area contributed by atoms with Gasteiger partial charge in [-0.2, -0.15) is 0 Å². The van der Waals surface area contributed by atoms with E-state index in [0.717, 1.165) is 29.8 Å². The molecule has 3 rings (SSSR count). The van der Waals surface area contributed by atoms with Crippen LogP contribution in [0.25, 0.3) is 0 Å². The molecule has 142 valence electrons. The lowest BCUT2D eigenvalue weighted by molar-refractivity contribution is 0.646. The molecule has 1 aromatic heterocycles. The summed E-state index contributed by atoms with van der Waals surface area (Å²) in [5.74, 6) is 1.35. The highest BCUT2D eigenvalue weighted by Crippen LogP contribution is 2.47. The SMILES string of the molecule is CCNC(=NCc1nc(C(C)C)cs1)NCC1(c2ccccc2)CC1.I. The van der Waals surface area contributed by atoms with Crippen LogP contribution < -0.4 is 10.6 Å². The molecule has 1 aliphatic carbocycles. The van der Waals surface area contributed by atoms with E-state index in [2.05, 4.69) is 72.1 Å². The van der Waals surface area contributed by atoms with E-state index in [0.29, 0.717) is 12.5 Å². The Bertz CT molecular complexity index is 708. The van der Waals surface area contributed by atoms with Gasteiger partial charge >= 0.3 is 0 Å². The number of nitrogens with one attached hydrogen (secondary N) is 2. The molecule has 1 saturated carbocycles. The first-order chi connectivity index (χ1) is 12.1. The van der Waals surface area contributed by atoms with Crippen molar-refractivity contribution in [3.8, 4) is 0 Å². The smallest absolute Gasteiger partial charge is 0.191 e. The van der Waals surface area contributed by atoms with Crippen LogP contribution in [-0.2, 0) is 12.0 Å². The third kappa shape index (κ3) is 5.42. The number of benzene rings is 1. The molecule has 0 aliphatic heterocycles. The number of guanidine groups is 1. The van der Waals surface area contributed by atoms with Crippen molar-refractivity contribution in [1.82, 2.24) is 15.6 Å². The lowest BCUT2D eigenvalue weighted by atomic mass is 9.96. The maximum absolute atomic E-state index is 4.72. The Morgan fingerprint density at radius 2 is 1.96 bits per heavy atom. The summed E-state index contributed by atoms with van der Waals surface area (Å²) in [5.41, 5.74) is 2.87. The average molecular weight is 484 g/mol. The van der Waals surface area contributed by atoms with Crippen LogP contribution in [-0.4, -0.2) is 24.0 Å². The lowest BCUT2D eigenvalue weighted by Gasteiger charge is -2.19. The Morgan fingerprint density at radius 3 is 2.54 bits per heavy atom. The molecule has 0 radical (unpaired) electrons. The first-order valence-electron chi connectivity index (χ1n) is 9.15. The zero-order valence-electron chi connectivity index (χ0n) is 15.8. The maximum Gasteiger partial charge on any atom is 0.191 e. The van der Waals surface area contributed by atoms with Crippen LogP contribution in [0.5, 0.6) is 0 Å². The number of aliphatic imine (C=N–C) groups is 1. The van der Waals surface area contributed by atoms with Crippen molar-refractivity contribution in [2.45, 2.75) is 51.5 Å². The number of hydrogen-bond acceptors (Lipinski definition) is 3. The molecular formula is C20H29IN4S.